The fraction of sp³-hybridized carbons (Fsp3) is 0.0247. The van der Waals surface area contributed by atoms with E-state index in [1.54, 1.807) is 0 Å². The third-order valence-electron chi connectivity index (χ3n) is 17.7. The van der Waals surface area contributed by atoms with Crippen molar-refractivity contribution in [1.82, 2.24) is 29.5 Å². The highest BCUT2D eigenvalue weighted by atomic mass is 15.2. The van der Waals surface area contributed by atoms with Crippen molar-refractivity contribution in [3.63, 3.8) is 0 Å². The standard InChI is InChI=1S/C81H55BN8/c1-52-40-43-70-63(46-52)64-47-53(2)41-44-71(64)90(70)72-45-42-60(80-86-78(55-24-9-4-10-25-55)85-79(87-80)56-26-11-5-12-27-56)50-65(72)81-83-68(54-22-7-3-8-23-54)51-69(84-81)59-30-19-28-57(48-59)58-29-20-33-62(49-58)89-74-37-18-16-35-67(74)82-66-34-15-17-36-73(66)88(61-31-13-6-14-32-61)75-38-21-39-76(89)77(75)82/h3-51H,1-2H3. The topological polar surface area (TPSA) is 75.9 Å². The quantitative estimate of drug-likeness (QED) is 0.126. The van der Waals surface area contributed by atoms with Crippen LogP contribution in [0.2, 0.25) is 0 Å². The summed E-state index contributed by atoms with van der Waals surface area (Å²) < 4.78 is 2.37. The van der Waals surface area contributed by atoms with Crippen LogP contribution in [0, 0.1) is 13.8 Å². The number of aromatic nitrogens is 6. The smallest absolute Gasteiger partial charge is 0.252 e. The molecule has 15 aromatic rings. The third-order valence-corrected chi connectivity index (χ3v) is 17.7. The second-order valence-electron chi connectivity index (χ2n) is 23.4. The molecule has 8 nitrogen and oxygen atoms in total. The Bertz CT molecular complexity index is 5190. The maximum atomic E-state index is 5.68. The van der Waals surface area contributed by atoms with Gasteiger partial charge < -0.3 is 14.4 Å². The second-order valence-corrected chi connectivity index (χ2v) is 23.4. The Labute approximate surface area is 522 Å². The number of aryl methyl sites for hydroxylation is 2. The first-order chi connectivity index (χ1) is 44.4. The molecule has 0 aliphatic carbocycles. The summed E-state index contributed by atoms with van der Waals surface area (Å²) in [5.41, 5.74) is 25.4. The van der Waals surface area contributed by atoms with E-state index >= 15 is 0 Å². The molecule has 3 aromatic heterocycles. The van der Waals surface area contributed by atoms with Crippen LogP contribution in [0.4, 0.5) is 34.1 Å². The van der Waals surface area contributed by atoms with Crippen LogP contribution in [0.1, 0.15) is 11.1 Å². The highest BCUT2D eigenvalue weighted by Gasteiger charge is 2.43. The molecular weight excluding hydrogens is 1100 g/mol. The van der Waals surface area contributed by atoms with Gasteiger partial charge in [-0.15, -0.1) is 0 Å². The summed E-state index contributed by atoms with van der Waals surface area (Å²) >= 11 is 0. The predicted molar refractivity (Wildman–Crippen MR) is 371 cm³/mol. The lowest BCUT2D eigenvalue weighted by Crippen LogP contribution is -2.61. The zero-order valence-electron chi connectivity index (χ0n) is 49.4. The van der Waals surface area contributed by atoms with Gasteiger partial charge in [-0.1, -0.05) is 205 Å². The average molecular weight is 1150 g/mol. The molecule has 12 aromatic carbocycles. The summed E-state index contributed by atoms with van der Waals surface area (Å²) in [4.78, 5) is 31.7. The van der Waals surface area contributed by atoms with Gasteiger partial charge in [0.1, 0.15) is 0 Å². The van der Waals surface area contributed by atoms with E-state index in [1.807, 2.05) is 66.7 Å². The number of para-hydroxylation sites is 3. The number of rotatable bonds is 10. The Kier molecular flexibility index (Phi) is 12.6. The molecule has 5 heterocycles. The van der Waals surface area contributed by atoms with Crippen molar-refractivity contribution < 1.29 is 0 Å². The summed E-state index contributed by atoms with van der Waals surface area (Å²) in [6.45, 7) is 4.37. The monoisotopic (exact) mass is 1150 g/mol. The molecule has 0 bridgehead atoms. The van der Waals surface area contributed by atoms with E-state index in [0.29, 0.717) is 23.3 Å². The van der Waals surface area contributed by atoms with Crippen molar-refractivity contribution >= 4 is 79.0 Å². The summed E-state index contributed by atoms with van der Waals surface area (Å²) in [7, 11) is 0. The van der Waals surface area contributed by atoms with Gasteiger partial charge in [0, 0.05) is 78.3 Å². The highest BCUT2D eigenvalue weighted by Crippen LogP contribution is 2.45. The summed E-state index contributed by atoms with van der Waals surface area (Å²) in [5.74, 6) is 2.27. The minimum absolute atomic E-state index is 0.0521. The van der Waals surface area contributed by atoms with Crippen molar-refractivity contribution in [2.45, 2.75) is 13.8 Å². The van der Waals surface area contributed by atoms with E-state index in [1.165, 1.54) is 55.3 Å². The molecule has 0 saturated heterocycles. The Morgan fingerprint density at radius 3 is 1.32 bits per heavy atom. The lowest BCUT2D eigenvalue weighted by molar-refractivity contribution is 1.07. The molecule has 2 aliphatic rings. The summed E-state index contributed by atoms with van der Waals surface area (Å²) in [5, 5.41) is 2.36. The van der Waals surface area contributed by atoms with E-state index in [-0.39, 0.29) is 6.71 Å². The van der Waals surface area contributed by atoms with Crippen LogP contribution in [-0.2, 0) is 0 Å². The number of fused-ring (bicyclic) bond motifs is 7. The normalized spacial score (nSPS) is 12.3. The Hall–Kier alpha value is -11.8. The van der Waals surface area contributed by atoms with Crippen LogP contribution >= 0.6 is 0 Å². The molecule has 0 N–H and O–H groups in total. The van der Waals surface area contributed by atoms with Crippen LogP contribution in [0.5, 0.6) is 0 Å². The fourth-order valence-electron chi connectivity index (χ4n) is 13.6. The van der Waals surface area contributed by atoms with Crippen LogP contribution in [0.15, 0.2) is 297 Å². The summed E-state index contributed by atoms with van der Waals surface area (Å²) in [6.07, 6.45) is 0. The number of anilines is 6. The Morgan fingerprint density at radius 1 is 0.278 bits per heavy atom. The van der Waals surface area contributed by atoms with Crippen LogP contribution in [0.25, 0.3) is 107 Å². The molecule has 0 atom stereocenters. The molecular formula is C81H55BN8. The zero-order valence-corrected chi connectivity index (χ0v) is 49.4. The molecule has 0 saturated carbocycles. The zero-order chi connectivity index (χ0) is 59.8. The molecule has 0 unspecified atom stereocenters. The lowest BCUT2D eigenvalue weighted by atomic mass is 9.33. The van der Waals surface area contributed by atoms with Gasteiger partial charge in [-0.3, -0.25) is 0 Å². The molecule has 0 amide bonds. The van der Waals surface area contributed by atoms with Gasteiger partial charge >= 0.3 is 0 Å². The van der Waals surface area contributed by atoms with Crippen molar-refractivity contribution in [3.05, 3.63) is 308 Å². The van der Waals surface area contributed by atoms with Gasteiger partial charge in [0.05, 0.1) is 28.1 Å². The van der Waals surface area contributed by atoms with Gasteiger partial charge in [0.2, 0.25) is 0 Å². The molecule has 0 radical (unpaired) electrons. The molecule has 17 rings (SSSR count). The molecule has 0 spiro atoms. The van der Waals surface area contributed by atoms with Gasteiger partial charge in [0.15, 0.2) is 23.3 Å². The van der Waals surface area contributed by atoms with E-state index < -0.39 is 0 Å². The Morgan fingerprint density at radius 2 is 0.722 bits per heavy atom. The minimum atomic E-state index is 0.0521. The average Bonchev–Trinajstić information content (AvgIpc) is 0.771. The van der Waals surface area contributed by atoms with Crippen LogP contribution in [-0.4, -0.2) is 36.2 Å². The van der Waals surface area contributed by atoms with E-state index in [9.17, 15) is 0 Å². The molecule has 0 fully saturated rings. The summed E-state index contributed by atoms with van der Waals surface area (Å²) in [6, 6.07) is 106. The number of benzene rings is 12. The van der Waals surface area contributed by atoms with Crippen molar-refractivity contribution in [2.75, 3.05) is 9.80 Å². The number of nitrogens with zero attached hydrogens (tertiary/aromatic N) is 8. The van der Waals surface area contributed by atoms with Gasteiger partial charge in [-0.05, 0) is 144 Å². The number of hydrogen-bond donors (Lipinski definition) is 0. The van der Waals surface area contributed by atoms with Gasteiger partial charge in [0.25, 0.3) is 6.71 Å². The molecule has 90 heavy (non-hydrogen) atoms. The van der Waals surface area contributed by atoms with E-state index in [4.69, 9.17) is 24.9 Å². The van der Waals surface area contributed by atoms with Crippen LogP contribution < -0.4 is 26.2 Å². The van der Waals surface area contributed by atoms with E-state index in [2.05, 4.69) is 259 Å². The number of hydrogen-bond acceptors (Lipinski definition) is 7. The van der Waals surface area contributed by atoms with Crippen LogP contribution in [0.3, 0.4) is 0 Å². The predicted octanol–water partition coefficient (Wildman–Crippen LogP) is 18.1. The first-order valence-electron chi connectivity index (χ1n) is 30.6. The Balaban J connectivity index is 0.835. The molecule has 9 heteroatoms. The van der Waals surface area contributed by atoms with Gasteiger partial charge in [-0.2, -0.15) is 0 Å². The molecule has 422 valence electrons. The maximum absolute atomic E-state index is 5.68. The third kappa shape index (κ3) is 8.97. The van der Waals surface area contributed by atoms with E-state index in [0.717, 1.165) is 89.7 Å². The minimum Gasteiger partial charge on any atom is -0.311 e. The first-order valence-corrected chi connectivity index (χ1v) is 30.6. The second kappa shape index (κ2) is 21.6. The van der Waals surface area contributed by atoms with Gasteiger partial charge in [-0.25, -0.2) is 24.9 Å². The first kappa shape index (κ1) is 52.5. The largest absolute Gasteiger partial charge is 0.311 e. The lowest BCUT2D eigenvalue weighted by Gasteiger charge is -2.44. The van der Waals surface area contributed by atoms with Crippen molar-refractivity contribution in [1.29, 1.82) is 0 Å². The molecule has 2 aliphatic heterocycles. The fourth-order valence-corrected chi connectivity index (χ4v) is 13.6. The highest BCUT2D eigenvalue weighted by molar-refractivity contribution is 7.00. The SMILES string of the molecule is Cc1ccc2c(c1)c1cc(C)ccc1n2-c1ccc(-c2nc(-c3ccccc3)nc(-c3ccccc3)n2)cc1-c1nc(-c2ccccc2)cc(-c2cccc(-c3cccc(N4c5ccccc5B5c6ccccc6N(c6ccccc6)c6cccc4c65)c3)c2)n1. The maximum Gasteiger partial charge on any atom is 0.252 e. The van der Waals surface area contributed by atoms with Crippen molar-refractivity contribution in [2.24, 2.45) is 0 Å². The van der Waals surface area contributed by atoms with Crippen molar-refractivity contribution in [3.8, 4) is 84.9 Å².